The van der Waals surface area contributed by atoms with E-state index in [1.807, 2.05) is 55.1 Å². The SMILES string of the molecule is CCN(C(=O)C1CCN(Cc2nc(-c3ccc(OC)c(OC)c3)no2)CC1)c1cccc(C)c1. The van der Waals surface area contributed by atoms with E-state index in [4.69, 9.17) is 14.0 Å². The number of amides is 1. The molecule has 1 amide bonds. The van der Waals surface area contributed by atoms with Crippen LogP contribution in [0.1, 0.15) is 31.2 Å². The molecule has 1 aliphatic rings. The zero-order chi connectivity index (χ0) is 24.1. The van der Waals surface area contributed by atoms with Gasteiger partial charge in [0, 0.05) is 23.7 Å². The Morgan fingerprint density at radius 1 is 1.12 bits per heavy atom. The van der Waals surface area contributed by atoms with E-state index >= 15 is 0 Å². The fraction of sp³-hybridized carbons (Fsp3) is 0.423. The average molecular weight is 465 g/mol. The lowest BCUT2D eigenvalue weighted by atomic mass is 9.95. The predicted octanol–water partition coefficient (Wildman–Crippen LogP) is 4.33. The molecule has 0 unspecified atom stereocenters. The van der Waals surface area contributed by atoms with Crippen molar-refractivity contribution in [3.05, 3.63) is 53.9 Å². The summed E-state index contributed by atoms with van der Waals surface area (Å²) in [5, 5.41) is 4.13. The van der Waals surface area contributed by atoms with Crippen molar-refractivity contribution in [2.24, 2.45) is 5.92 Å². The van der Waals surface area contributed by atoms with Crippen molar-refractivity contribution in [2.45, 2.75) is 33.2 Å². The Morgan fingerprint density at radius 3 is 2.56 bits per heavy atom. The quantitative estimate of drug-likeness (QED) is 0.491. The Hall–Kier alpha value is -3.39. The highest BCUT2D eigenvalue weighted by atomic mass is 16.5. The van der Waals surface area contributed by atoms with Gasteiger partial charge in [-0.1, -0.05) is 17.3 Å². The lowest BCUT2D eigenvalue weighted by molar-refractivity contribution is -0.123. The van der Waals surface area contributed by atoms with E-state index in [-0.39, 0.29) is 11.8 Å². The van der Waals surface area contributed by atoms with Crippen LogP contribution in [0, 0.1) is 12.8 Å². The van der Waals surface area contributed by atoms with Gasteiger partial charge >= 0.3 is 0 Å². The fourth-order valence-electron chi connectivity index (χ4n) is 4.42. The van der Waals surface area contributed by atoms with Gasteiger partial charge in [0.25, 0.3) is 0 Å². The summed E-state index contributed by atoms with van der Waals surface area (Å²) < 4.78 is 16.2. The van der Waals surface area contributed by atoms with Crippen LogP contribution < -0.4 is 14.4 Å². The summed E-state index contributed by atoms with van der Waals surface area (Å²) in [6.45, 7) is 6.95. The van der Waals surface area contributed by atoms with Crippen LogP contribution in [-0.2, 0) is 11.3 Å². The Labute approximate surface area is 200 Å². The maximum Gasteiger partial charge on any atom is 0.241 e. The topological polar surface area (TPSA) is 80.9 Å². The second-order valence-electron chi connectivity index (χ2n) is 8.55. The second kappa shape index (κ2) is 10.7. The standard InChI is InChI=1S/C26H32N4O4/c1-5-30(21-8-6-7-18(2)15-21)26(31)19-11-13-29(14-12-19)17-24-27-25(28-34-24)20-9-10-22(32-3)23(16-20)33-4/h6-10,15-16,19H,5,11-14,17H2,1-4H3. The highest BCUT2D eigenvalue weighted by Gasteiger charge is 2.29. The molecule has 0 atom stereocenters. The zero-order valence-electron chi connectivity index (χ0n) is 20.3. The van der Waals surface area contributed by atoms with Crippen LogP contribution >= 0.6 is 0 Å². The summed E-state index contributed by atoms with van der Waals surface area (Å²) in [5.41, 5.74) is 2.93. The molecule has 1 fully saturated rings. The number of anilines is 1. The number of methoxy groups -OCH3 is 2. The van der Waals surface area contributed by atoms with E-state index in [1.165, 1.54) is 0 Å². The van der Waals surface area contributed by atoms with Gasteiger partial charge in [-0.15, -0.1) is 0 Å². The van der Waals surface area contributed by atoms with Gasteiger partial charge < -0.3 is 18.9 Å². The van der Waals surface area contributed by atoms with E-state index < -0.39 is 0 Å². The van der Waals surface area contributed by atoms with E-state index in [9.17, 15) is 4.79 Å². The number of likely N-dealkylation sites (tertiary alicyclic amines) is 1. The first-order valence-electron chi connectivity index (χ1n) is 11.7. The van der Waals surface area contributed by atoms with Gasteiger partial charge in [0.2, 0.25) is 17.6 Å². The summed E-state index contributed by atoms with van der Waals surface area (Å²) in [4.78, 5) is 21.9. The van der Waals surface area contributed by atoms with Crippen molar-refractivity contribution in [1.29, 1.82) is 0 Å². The molecule has 1 saturated heterocycles. The number of piperidine rings is 1. The van der Waals surface area contributed by atoms with Crippen LogP contribution in [0.4, 0.5) is 5.69 Å². The van der Waals surface area contributed by atoms with Gasteiger partial charge in [-0.25, -0.2) is 0 Å². The summed E-state index contributed by atoms with van der Waals surface area (Å²) in [6, 6.07) is 13.7. The molecule has 34 heavy (non-hydrogen) atoms. The third kappa shape index (κ3) is 5.22. The van der Waals surface area contributed by atoms with Crippen LogP contribution in [-0.4, -0.2) is 54.8 Å². The molecule has 0 bridgehead atoms. The minimum atomic E-state index is 0.0294. The van der Waals surface area contributed by atoms with Crippen LogP contribution in [0.2, 0.25) is 0 Å². The van der Waals surface area contributed by atoms with Crippen molar-refractivity contribution in [3.63, 3.8) is 0 Å². The molecular formula is C26H32N4O4. The molecule has 0 N–H and O–H groups in total. The van der Waals surface area contributed by atoms with E-state index in [0.717, 1.165) is 42.7 Å². The summed E-state index contributed by atoms with van der Waals surface area (Å²) >= 11 is 0. The number of ether oxygens (including phenoxy) is 2. The first-order chi connectivity index (χ1) is 16.5. The first kappa shape index (κ1) is 23.8. The van der Waals surface area contributed by atoms with Crippen LogP contribution in [0.5, 0.6) is 11.5 Å². The maximum atomic E-state index is 13.2. The lowest BCUT2D eigenvalue weighted by Gasteiger charge is -2.33. The summed E-state index contributed by atoms with van der Waals surface area (Å²) in [6.07, 6.45) is 1.63. The third-order valence-corrected chi connectivity index (χ3v) is 6.30. The number of rotatable bonds is 8. The molecule has 180 valence electrons. The number of hydrogen-bond acceptors (Lipinski definition) is 7. The van der Waals surface area contributed by atoms with E-state index in [2.05, 4.69) is 21.1 Å². The predicted molar refractivity (Wildman–Crippen MR) is 130 cm³/mol. The van der Waals surface area contributed by atoms with Crippen molar-refractivity contribution >= 4 is 11.6 Å². The van der Waals surface area contributed by atoms with Crippen LogP contribution in [0.25, 0.3) is 11.4 Å². The first-order valence-corrected chi connectivity index (χ1v) is 11.7. The van der Waals surface area contributed by atoms with Crippen LogP contribution in [0.15, 0.2) is 47.0 Å². The second-order valence-corrected chi connectivity index (χ2v) is 8.55. The largest absolute Gasteiger partial charge is 0.493 e. The normalized spacial score (nSPS) is 14.7. The molecule has 1 aliphatic heterocycles. The number of aromatic nitrogens is 2. The molecule has 0 radical (unpaired) electrons. The van der Waals surface area contributed by atoms with Gasteiger partial charge in [-0.05, 0) is 75.7 Å². The number of nitrogens with zero attached hydrogens (tertiary/aromatic N) is 4. The molecule has 4 rings (SSSR count). The van der Waals surface area contributed by atoms with Gasteiger partial charge in [0.1, 0.15) is 0 Å². The molecular weight excluding hydrogens is 432 g/mol. The molecule has 0 aliphatic carbocycles. The average Bonchev–Trinajstić information content (AvgIpc) is 3.33. The minimum absolute atomic E-state index is 0.0294. The Kier molecular flexibility index (Phi) is 7.47. The zero-order valence-corrected chi connectivity index (χ0v) is 20.3. The van der Waals surface area contributed by atoms with Gasteiger partial charge in [0.05, 0.1) is 20.8 Å². The highest BCUT2D eigenvalue weighted by Crippen LogP contribution is 2.31. The number of carbonyl (C=O) groups excluding carboxylic acids is 1. The van der Waals surface area contributed by atoms with Crippen molar-refractivity contribution in [2.75, 3.05) is 38.8 Å². The molecule has 3 aromatic rings. The molecule has 1 aromatic heterocycles. The lowest BCUT2D eigenvalue weighted by Crippen LogP contribution is -2.42. The van der Waals surface area contributed by atoms with Gasteiger partial charge in [-0.3, -0.25) is 9.69 Å². The van der Waals surface area contributed by atoms with Gasteiger partial charge in [-0.2, -0.15) is 4.98 Å². The van der Waals surface area contributed by atoms with Crippen LogP contribution in [0.3, 0.4) is 0 Å². The van der Waals surface area contributed by atoms with E-state index in [0.29, 0.717) is 36.3 Å². The molecule has 8 heteroatoms. The third-order valence-electron chi connectivity index (χ3n) is 6.30. The molecule has 8 nitrogen and oxygen atoms in total. The molecule has 0 saturated carbocycles. The Balaban J connectivity index is 1.35. The van der Waals surface area contributed by atoms with Gasteiger partial charge in [0.15, 0.2) is 11.5 Å². The van der Waals surface area contributed by atoms with Crippen molar-refractivity contribution in [3.8, 4) is 22.9 Å². The number of aryl methyl sites for hydroxylation is 1. The number of carbonyl (C=O) groups is 1. The Morgan fingerprint density at radius 2 is 1.88 bits per heavy atom. The van der Waals surface area contributed by atoms with E-state index in [1.54, 1.807) is 14.2 Å². The molecule has 2 heterocycles. The monoisotopic (exact) mass is 464 g/mol. The van der Waals surface area contributed by atoms with Crippen molar-refractivity contribution in [1.82, 2.24) is 15.0 Å². The summed E-state index contributed by atoms with van der Waals surface area (Å²) in [7, 11) is 3.20. The Bertz CT molecular complexity index is 1120. The molecule has 0 spiro atoms. The maximum absolute atomic E-state index is 13.2. The summed E-state index contributed by atoms with van der Waals surface area (Å²) in [5.74, 6) is 2.58. The number of hydrogen-bond donors (Lipinski definition) is 0. The highest BCUT2D eigenvalue weighted by molar-refractivity contribution is 5.95. The van der Waals surface area contributed by atoms with Crippen molar-refractivity contribution < 1.29 is 18.8 Å². The smallest absolute Gasteiger partial charge is 0.241 e. The fourth-order valence-corrected chi connectivity index (χ4v) is 4.42. The minimum Gasteiger partial charge on any atom is -0.493 e. The number of benzene rings is 2. The molecule has 2 aromatic carbocycles.